The molecule has 1 aliphatic carbocycles. The topological polar surface area (TPSA) is 75.7 Å². The van der Waals surface area contributed by atoms with E-state index < -0.39 is 18.0 Å². The van der Waals surface area contributed by atoms with Crippen LogP contribution in [0.1, 0.15) is 31.7 Å². The summed E-state index contributed by atoms with van der Waals surface area (Å²) in [7, 11) is 0. The number of hydrogen-bond donors (Lipinski definition) is 1. The number of carbonyl (C=O) groups is 3. The summed E-state index contributed by atoms with van der Waals surface area (Å²) in [4.78, 5) is 37.9. The Labute approximate surface area is 147 Å². The zero-order chi connectivity index (χ0) is 17.8. The van der Waals surface area contributed by atoms with Crippen LogP contribution in [-0.4, -0.2) is 47.9 Å². The fourth-order valence-corrected chi connectivity index (χ4v) is 2.93. The molecule has 3 rings (SSSR count). The van der Waals surface area contributed by atoms with E-state index >= 15 is 0 Å². The third kappa shape index (κ3) is 4.81. The lowest BCUT2D eigenvalue weighted by molar-refractivity contribution is -0.158. The molecule has 0 unspecified atom stereocenters. The second-order valence-corrected chi connectivity index (χ2v) is 6.84. The van der Waals surface area contributed by atoms with Gasteiger partial charge in [-0.2, -0.15) is 0 Å². The second kappa shape index (κ2) is 7.68. The maximum absolute atomic E-state index is 12.2. The molecule has 1 aromatic carbocycles. The van der Waals surface area contributed by atoms with E-state index in [1.807, 2.05) is 30.3 Å². The molecule has 2 amide bonds. The first kappa shape index (κ1) is 17.5. The van der Waals surface area contributed by atoms with Crippen LogP contribution < -0.4 is 5.32 Å². The van der Waals surface area contributed by atoms with Gasteiger partial charge in [-0.15, -0.1) is 0 Å². The molecule has 6 nitrogen and oxygen atoms in total. The van der Waals surface area contributed by atoms with Crippen molar-refractivity contribution in [3.8, 4) is 0 Å². The molecule has 2 aliphatic rings. The number of hydrogen-bond acceptors (Lipinski definition) is 4. The minimum Gasteiger partial charge on any atom is -0.452 e. The molecule has 1 saturated carbocycles. The number of nitrogens with one attached hydrogen (secondary N) is 1. The van der Waals surface area contributed by atoms with E-state index in [2.05, 4.69) is 5.32 Å². The minimum absolute atomic E-state index is 0.0343. The van der Waals surface area contributed by atoms with E-state index in [1.54, 1.807) is 11.8 Å². The molecule has 1 heterocycles. The normalized spacial score (nSPS) is 21.1. The summed E-state index contributed by atoms with van der Waals surface area (Å²) in [5, 5.41) is 2.81. The van der Waals surface area contributed by atoms with Crippen LogP contribution in [0.2, 0.25) is 0 Å². The average Bonchev–Trinajstić information content (AvgIpc) is 3.34. The molecule has 0 bridgehead atoms. The average molecular weight is 344 g/mol. The molecule has 1 saturated heterocycles. The fourth-order valence-electron chi connectivity index (χ4n) is 2.93. The van der Waals surface area contributed by atoms with E-state index in [9.17, 15) is 14.4 Å². The maximum atomic E-state index is 12.2. The van der Waals surface area contributed by atoms with Crippen molar-refractivity contribution >= 4 is 17.8 Å². The molecule has 1 aliphatic heterocycles. The molecular weight excluding hydrogens is 320 g/mol. The fraction of sp³-hybridized carbons (Fsp3) is 0.526. The highest BCUT2D eigenvalue weighted by molar-refractivity contribution is 5.89. The van der Waals surface area contributed by atoms with Gasteiger partial charge >= 0.3 is 5.97 Å². The van der Waals surface area contributed by atoms with Crippen molar-refractivity contribution in [1.82, 2.24) is 10.2 Å². The highest BCUT2D eigenvalue weighted by Crippen LogP contribution is 2.21. The monoisotopic (exact) mass is 344 g/mol. The van der Waals surface area contributed by atoms with Crippen molar-refractivity contribution in [3.05, 3.63) is 35.9 Å². The van der Waals surface area contributed by atoms with Gasteiger partial charge in [0.2, 0.25) is 5.91 Å². The van der Waals surface area contributed by atoms with Gasteiger partial charge in [0.1, 0.15) is 0 Å². The molecular formula is C19H24N2O4. The zero-order valence-corrected chi connectivity index (χ0v) is 14.4. The number of carbonyl (C=O) groups excluding carboxylic acids is 3. The summed E-state index contributed by atoms with van der Waals surface area (Å²) in [5.74, 6) is -1.25. The Bertz CT molecular complexity index is 642. The lowest BCUT2D eigenvalue weighted by atomic mass is 10.1. The highest BCUT2D eigenvalue weighted by atomic mass is 16.5. The van der Waals surface area contributed by atoms with E-state index in [4.69, 9.17) is 4.74 Å². The first-order valence-corrected chi connectivity index (χ1v) is 8.85. The van der Waals surface area contributed by atoms with Gasteiger partial charge in [-0.25, -0.2) is 0 Å². The minimum atomic E-state index is -0.818. The van der Waals surface area contributed by atoms with E-state index in [1.165, 1.54) is 0 Å². The van der Waals surface area contributed by atoms with Crippen molar-refractivity contribution in [3.63, 3.8) is 0 Å². The third-order valence-corrected chi connectivity index (χ3v) is 4.65. The standard InChI is InChI=1S/C19H24N2O4/c1-13(18(23)20-16-7-8-16)25-19(24)15-11-17(22)21(12-15)10-9-14-5-3-2-4-6-14/h2-6,13,15-16H,7-12H2,1H3,(H,20,23)/t13-,15-/m1/s1. The Morgan fingerprint density at radius 2 is 2.00 bits per heavy atom. The maximum Gasteiger partial charge on any atom is 0.312 e. The summed E-state index contributed by atoms with van der Waals surface area (Å²) in [6.45, 7) is 2.52. The number of esters is 1. The molecule has 25 heavy (non-hydrogen) atoms. The predicted octanol–water partition coefficient (Wildman–Crippen LogP) is 1.29. The van der Waals surface area contributed by atoms with Gasteiger partial charge in [0.05, 0.1) is 5.92 Å². The number of likely N-dealkylation sites (tertiary alicyclic amines) is 1. The van der Waals surface area contributed by atoms with Crippen molar-refractivity contribution in [2.24, 2.45) is 5.92 Å². The van der Waals surface area contributed by atoms with Crippen LogP contribution in [-0.2, 0) is 25.5 Å². The number of rotatable bonds is 7. The molecule has 1 aromatic rings. The van der Waals surface area contributed by atoms with Gasteiger partial charge in [0.15, 0.2) is 6.10 Å². The Balaban J connectivity index is 1.45. The van der Waals surface area contributed by atoms with Crippen LogP contribution in [0.25, 0.3) is 0 Å². The first-order valence-electron chi connectivity index (χ1n) is 8.85. The molecule has 2 fully saturated rings. The molecule has 6 heteroatoms. The molecule has 0 radical (unpaired) electrons. The van der Waals surface area contributed by atoms with Gasteiger partial charge in [0.25, 0.3) is 5.91 Å². The summed E-state index contributed by atoms with van der Waals surface area (Å²) in [6, 6.07) is 10.2. The number of benzene rings is 1. The molecule has 0 aromatic heterocycles. The summed E-state index contributed by atoms with van der Waals surface area (Å²) in [6.07, 6.45) is 2.07. The first-order chi connectivity index (χ1) is 12.0. The Kier molecular flexibility index (Phi) is 5.36. The number of amides is 2. The van der Waals surface area contributed by atoms with Crippen molar-refractivity contribution in [2.75, 3.05) is 13.1 Å². The van der Waals surface area contributed by atoms with Gasteiger partial charge in [-0.3, -0.25) is 14.4 Å². The van der Waals surface area contributed by atoms with Gasteiger partial charge < -0.3 is 15.0 Å². The smallest absolute Gasteiger partial charge is 0.312 e. The van der Waals surface area contributed by atoms with Crippen LogP contribution in [0.15, 0.2) is 30.3 Å². The highest BCUT2D eigenvalue weighted by Gasteiger charge is 2.36. The van der Waals surface area contributed by atoms with Crippen molar-refractivity contribution in [1.29, 1.82) is 0 Å². The van der Waals surface area contributed by atoms with Gasteiger partial charge in [0, 0.05) is 25.6 Å². The summed E-state index contributed by atoms with van der Waals surface area (Å²) >= 11 is 0. The number of nitrogens with zero attached hydrogens (tertiary/aromatic N) is 1. The molecule has 2 atom stereocenters. The van der Waals surface area contributed by atoms with Crippen LogP contribution in [0.5, 0.6) is 0 Å². The quantitative estimate of drug-likeness (QED) is 0.756. The van der Waals surface area contributed by atoms with Crippen LogP contribution >= 0.6 is 0 Å². The molecule has 0 spiro atoms. The largest absolute Gasteiger partial charge is 0.452 e. The van der Waals surface area contributed by atoms with Gasteiger partial charge in [-0.05, 0) is 31.7 Å². The van der Waals surface area contributed by atoms with Crippen LogP contribution in [0.3, 0.4) is 0 Å². The predicted molar refractivity (Wildman–Crippen MR) is 91.6 cm³/mol. The Morgan fingerprint density at radius 3 is 2.68 bits per heavy atom. The van der Waals surface area contributed by atoms with Gasteiger partial charge in [-0.1, -0.05) is 30.3 Å². The van der Waals surface area contributed by atoms with Crippen molar-refractivity contribution in [2.45, 2.75) is 44.8 Å². The van der Waals surface area contributed by atoms with E-state index in [0.29, 0.717) is 13.1 Å². The van der Waals surface area contributed by atoms with E-state index in [-0.39, 0.29) is 24.3 Å². The Morgan fingerprint density at radius 1 is 1.28 bits per heavy atom. The third-order valence-electron chi connectivity index (χ3n) is 4.65. The summed E-state index contributed by atoms with van der Waals surface area (Å²) in [5.41, 5.74) is 1.16. The Hall–Kier alpha value is -2.37. The second-order valence-electron chi connectivity index (χ2n) is 6.84. The zero-order valence-electron chi connectivity index (χ0n) is 14.4. The molecule has 1 N–H and O–H groups in total. The lowest BCUT2D eigenvalue weighted by Gasteiger charge is -2.18. The van der Waals surface area contributed by atoms with Crippen LogP contribution in [0.4, 0.5) is 0 Å². The SMILES string of the molecule is C[C@@H](OC(=O)[C@@H]1CC(=O)N(CCc2ccccc2)C1)C(=O)NC1CC1. The lowest BCUT2D eigenvalue weighted by Crippen LogP contribution is -2.38. The summed E-state index contributed by atoms with van der Waals surface area (Å²) < 4.78 is 5.25. The number of ether oxygens (including phenoxy) is 1. The van der Waals surface area contributed by atoms with E-state index in [0.717, 1.165) is 24.8 Å². The van der Waals surface area contributed by atoms with Crippen LogP contribution in [0, 0.1) is 5.92 Å². The molecule has 134 valence electrons. The van der Waals surface area contributed by atoms with Crippen molar-refractivity contribution < 1.29 is 19.1 Å².